The molecule has 0 atom stereocenters. The Morgan fingerprint density at radius 2 is 1.78 bits per heavy atom. The lowest BCUT2D eigenvalue weighted by atomic mass is 9.89. The van der Waals surface area contributed by atoms with Crippen LogP contribution in [-0.4, -0.2) is 76.4 Å². The Morgan fingerprint density at radius 1 is 1.16 bits per heavy atom. The van der Waals surface area contributed by atoms with E-state index in [1.807, 2.05) is 26.6 Å². The Hall–Kier alpha value is -2.80. The van der Waals surface area contributed by atoms with Crippen LogP contribution in [0.25, 0.3) is 0 Å². The molecule has 0 saturated carbocycles. The second-order valence-electron chi connectivity index (χ2n) is 7.26. The molecule has 0 aliphatic carbocycles. The van der Waals surface area contributed by atoms with Gasteiger partial charge in [0.15, 0.2) is 5.82 Å². The average molecular weight is 476 g/mol. The number of carbonyl (C=O) groups is 2. The first-order chi connectivity index (χ1) is 15.1. The van der Waals surface area contributed by atoms with Crippen molar-refractivity contribution < 1.29 is 37.0 Å². The fourth-order valence-electron chi connectivity index (χ4n) is 3.47. The summed E-state index contributed by atoms with van der Waals surface area (Å²) in [5.41, 5.74) is 0.466. The van der Waals surface area contributed by atoms with E-state index in [-0.39, 0.29) is 11.5 Å². The first-order valence-electron chi connectivity index (χ1n) is 9.58. The van der Waals surface area contributed by atoms with Gasteiger partial charge in [-0.1, -0.05) is 0 Å². The predicted molar refractivity (Wildman–Crippen MR) is 106 cm³/mol. The zero-order valence-corrected chi connectivity index (χ0v) is 17.5. The second-order valence-corrected chi connectivity index (χ2v) is 8.04. The highest BCUT2D eigenvalue weighted by atomic mass is 32.1. The minimum absolute atomic E-state index is 0.0885. The molecule has 4 heterocycles. The third-order valence-corrected chi connectivity index (χ3v) is 5.79. The average Bonchev–Trinajstić information content (AvgIpc) is 3.29. The molecule has 2 aliphatic rings. The van der Waals surface area contributed by atoms with E-state index in [2.05, 4.69) is 9.97 Å². The third kappa shape index (κ3) is 5.91. The molecule has 13 heteroatoms. The van der Waals surface area contributed by atoms with Crippen molar-refractivity contribution >= 4 is 29.2 Å². The molecule has 32 heavy (non-hydrogen) atoms. The van der Waals surface area contributed by atoms with E-state index in [1.54, 1.807) is 0 Å². The molecule has 4 rings (SSSR count). The molecule has 2 aromatic rings. The zero-order chi connectivity index (χ0) is 23.4. The van der Waals surface area contributed by atoms with E-state index in [9.17, 15) is 22.4 Å². The number of nitrogens with zero attached hydrogens (tertiary/aromatic N) is 4. The molecule has 0 unspecified atom stereocenters. The van der Waals surface area contributed by atoms with Gasteiger partial charge in [-0.3, -0.25) is 4.79 Å². The Morgan fingerprint density at radius 3 is 2.31 bits per heavy atom. The maximum Gasteiger partial charge on any atom is 0.490 e. The highest BCUT2D eigenvalue weighted by Crippen LogP contribution is 2.32. The van der Waals surface area contributed by atoms with Crippen LogP contribution in [0.1, 0.15) is 23.2 Å². The van der Waals surface area contributed by atoms with Gasteiger partial charge in [0.25, 0.3) is 5.91 Å². The van der Waals surface area contributed by atoms with Gasteiger partial charge in [0.1, 0.15) is 0 Å². The van der Waals surface area contributed by atoms with E-state index >= 15 is 0 Å². The standard InChI is InChI=1S/C17H19FN4O2S.C2HF3O2/c18-14-9-19-16(20-10-14)22-6-7-24-17(12-22)2-4-21(5-3-17)15(23)13-1-8-25-11-13;3-2(4,5)1(6)7/h1,8-11H,2-7,12H2;(H,6,7). The van der Waals surface area contributed by atoms with Crippen LogP contribution in [0, 0.1) is 5.82 Å². The van der Waals surface area contributed by atoms with Crippen molar-refractivity contribution in [1.29, 1.82) is 0 Å². The first-order valence-corrected chi connectivity index (χ1v) is 10.5. The number of amides is 1. The van der Waals surface area contributed by atoms with Crippen molar-refractivity contribution in [1.82, 2.24) is 14.9 Å². The molecule has 0 radical (unpaired) electrons. The van der Waals surface area contributed by atoms with E-state index in [1.165, 1.54) is 23.7 Å². The van der Waals surface area contributed by atoms with Crippen LogP contribution in [0.5, 0.6) is 0 Å². The van der Waals surface area contributed by atoms with Gasteiger partial charge in [0.2, 0.25) is 5.95 Å². The number of thiophene rings is 1. The smallest absolute Gasteiger partial charge is 0.475 e. The minimum atomic E-state index is -5.08. The van der Waals surface area contributed by atoms with Gasteiger partial charge in [-0.25, -0.2) is 19.2 Å². The van der Waals surface area contributed by atoms with E-state index in [0.29, 0.717) is 38.7 Å². The Labute approximate surface area is 184 Å². The van der Waals surface area contributed by atoms with Gasteiger partial charge in [-0.2, -0.15) is 24.5 Å². The third-order valence-electron chi connectivity index (χ3n) is 5.11. The second kappa shape index (κ2) is 9.77. The van der Waals surface area contributed by atoms with Gasteiger partial charge in [0.05, 0.1) is 36.7 Å². The highest BCUT2D eigenvalue weighted by molar-refractivity contribution is 7.08. The minimum Gasteiger partial charge on any atom is -0.475 e. The van der Waals surface area contributed by atoms with E-state index in [4.69, 9.17) is 14.6 Å². The van der Waals surface area contributed by atoms with Gasteiger partial charge in [-0.05, 0) is 24.3 Å². The molecule has 2 fully saturated rings. The summed E-state index contributed by atoms with van der Waals surface area (Å²) >= 11 is 1.53. The number of rotatable bonds is 2. The number of aromatic nitrogens is 2. The van der Waals surface area contributed by atoms with Crippen molar-refractivity contribution in [2.24, 2.45) is 0 Å². The summed E-state index contributed by atoms with van der Waals surface area (Å²) in [5, 5.41) is 10.9. The van der Waals surface area contributed by atoms with Gasteiger partial charge in [-0.15, -0.1) is 0 Å². The van der Waals surface area contributed by atoms with E-state index in [0.717, 1.165) is 18.4 Å². The Balaban J connectivity index is 0.000000360. The SMILES string of the molecule is O=C(O)C(F)(F)F.O=C(c1ccsc1)N1CCC2(CC1)CN(c1ncc(F)cn1)CCO2. The lowest BCUT2D eigenvalue weighted by molar-refractivity contribution is -0.192. The van der Waals surface area contributed by atoms with Crippen molar-refractivity contribution in [3.8, 4) is 0 Å². The molecule has 2 aromatic heterocycles. The number of ether oxygens (including phenoxy) is 1. The summed E-state index contributed by atoms with van der Waals surface area (Å²) in [7, 11) is 0. The maximum atomic E-state index is 13.0. The number of hydrogen-bond donors (Lipinski definition) is 1. The molecule has 0 bridgehead atoms. The Kier molecular flexibility index (Phi) is 7.29. The van der Waals surface area contributed by atoms with Crippen LogP contribution in [0.15, 0.2) is 29.2 Å². The number of carboxylic acid groups (broad SMARTS) is 1. The fourth-order valence-corrected chi connectivity index (χ4v) is 4.10. The summed E-state index contributed by atoms with van der Waals surface area (Å²) in [5.74, 6) is -2.58. The molecule has 8 nitrogen and oxygen atoms in total. The number of carboxylic acids is 1. The monoisotopic (exact) mass is 476 g/mol. The number of aliphatic carboxylic acids is 1. The summed E-state index contributed by atoms with van der Waals surface area (Å²) in [6.45, 7) is 3.28. The topological polar surface area (TPSA) is 95.9 Å². The summed E-state index contributed by atoms with van der Waals surface area (Å²) < 4.78 is 50.9. The van der Waals surface area contributed by atoms with Crippen molar-refractivity contribution in [2.45, 2.75) is 24.6 Å². The fraction of sp³-hybridized carbons (Fsp3) is 0.474. The van der Waals surface area contributed by atoms with Gasteiger partial charge in [0, 0.05) is 25.0 Å². The van der Waals surface area contributed by atoms with Crippen molar-refractivity contribution in [3.05, 3.63) is 40.6 Å². The number of halogens is 4. The van der Waals surface area contributed by atoms with Gasteiger partial charge < -0.3 is 19.6 Å². The summed E-state index contributed by atoms with van der Waals surface area (Å²) in [4.78, 5) is 33.5. The normalized spacial score (nSPS) is 18.1. The first kappa shape index (κ1) is 23.9. The zero-order valence-electron chi connectivity index (χ0n) is 16.7. The molecule has 2 saturated heterocycles. The van der Waals surface area contributed by atoms with Gasteiger partial charge >= 0.3 is 12.1 Å². The van der Waals surface area contributed by atoms with Crippen LogP contribution >= 0.6 is 11.3 Å². The molecule has 174 valence electrons. The molecular weight excluding hydrogens is 456 g/mol. The summed E-state index contributed by atoms with van der Waals surface area (Å²) in [6.07, 6.45) is -1.15. The van der Waals surface area contributed by atoms with Crippen LogP contribution < -0.4 is 4.90 Å². The number of anilines is 1. The Bertz CT molecular complexity index is 916. The molecule has 1 spiro atoms. The van der Waals surface area contributed by atoms with Crippen molar-refractivity contribution in [3.63, 3.8) is 0 Å². The maximum absolute atomic E-state index is 13.0. The van der Waals surface area contributed by atoms with Crippen LogP contribution in [-0.2, 0) is 9.53 Å². The molecule has 1 amide bonds. The van der Waals surface area contributed by atoms with Crippen molar-refractivity contribution in [2.75, 3.05) is 37.7 Å². The molecule has 0 aromatic carbocycles. The number of hydrogen-bond acceptors (Lipinski definition) is 7. The number of likely N-dealkylation sites (tertiary alicyclic amines) is 1. The largest absolute Gasteiger partial charge is 0.490 e. The number of morpholine rings is 1. The van der Waals surface area contributed by atoms with Crippen LogP contribution in [0.3, 0.4) is 0 Å². The van der Waals surface area contributed by atoms with Crippen LogP contribution in [0.4, 0.5) is 23.5 Å². The molecular formula is C19H20F4N4O4S. The highest BCUT2D eigenvalue weighted by Gasteiger charge is 2.41. The molecule has 1 N–H and O–H groups in total. The quantitative estimate of drug-likeness (QED) is 0.666. The molecule has 2 aliphatic heterocycles. The number of alkyl halides is 3. The lowest BCUT2D eigenvalue weighted by Crippen LogP contribution is -2.58. The predicted octanol–water partition coefficient (Wildman–Crippen LogP) is 2.82. The number of piperidine rings is 1. The lowest BCUT2D eigenvalue weighted by Gasteiger charge is -2.47. The van der Waals surface area contributed by atoms with Crippen LogP contribution in [0.2, 0.25) is 0 Å². The van der Waals surface area contributed by atoms with E-state index < -0.39 is 18.0 Å². The summed E-state index contributed by atoms with van der Waals surface area (Å²) in [6, 6.07) is 1.86. The number of carbonyl (C=O) groups excluding carboxylic acids is 1.